The first-order valence-electron chi connectivity index (χ1n) is 6.10. The number of ketones is 1. The van der Waals surface area contributed by atoms with E-state index in [1.807, 2.05) is 35.1 Å². The molecule has 0 saturated carbocycles. The maximum atomic E-state index is 11.6. The molecular formula is C14H14N2O2. The van der Waals surface area contributed by atoms with E-state index in [0.717, 1.165) is 23.3 Å². The number of hydrogen-bond acceptors (Lipinski definition) is 3. The van der Waals surface area contributed by atoms with Crippen molar-refractivity contribution >= 4 is 5.78 Å². The Bertz CT molecular complexity index is 561. The third-order valence-electron chi connectivity index (χ3n) is 3.17. The number of ether oxygens (including phenoxy) is 1. The highest BCUT2D eigenvalue weighted by Gasteiger charge is 2.22. The molecule has 0 saturated heterocycles. The van der Waals surface area contributed by atoms with Crippen LogP contribution in [-0.4, -0.2) is 22.2 Å². The molecule has 0 radical (unpaired) electrons. The second-order valence-electron chi connectivity index (χ2n) is 4.32. The highest BCUT2D eigenvalue weighted by molar-refractivity contribution is 6.01. The first-order valence-corrected chi connectivity index (χ1v) is 6.10. The molecule has 0 fully saturated rings. The van der Waals surface area contributed by atoms with Gasteiger partial charge in [0.05, 0.1) is 6.54 Å². The molecule has 0 aliphatic heterocycles. The van der Waals surface area contributed by atoms with Gasteiger partial charge in [0.15, 0.2) is 5.78 Å². The van der Waals surface area contributed by atoms with Gasteiger partial charge < -0.3 is 4.74 Å². The third kappa shape index (κ3) is 2.01. The Balaban J connectivity index is 1.68. The Morgan fingerprint density at radius 2 is 2.22 bits per heavy atom. The molecule has 3 rings (SSSR count). The van der Waals surface area contributed by atoms with Crippen molar-refractivity contribution in [2.24, 2.45) is 0 Å². The number of benzene rings is 1. The lowest BCUT2D eigenvalue weighted by atomic mass is 10.1. The summed E-state index contributed by atoms with van der Waals surface area (Å²) in [4.78, 5) is 11.6. The Morgan fingerprint density at radius 3 is 3.06 bits per heavy atom. The second-order valence-corrected chi connectivity index (χ2v) is 4.32. The van der Waals surface area contributed by atoms with E-state index in [4.69, 9.17) is 4.74 Å². The Kier molecular flexibility index (Phi) is 2.84. The molecule has 4 heteroatoms. The van der Waals surface area contributed by atoms with E-state index in [0.29, 0.717) is 19.6 Å². The van der Waals surface area contributed by atoms with E-state index in [-0.39, 0.29) is 5.78 Å². The largest absolute Gasteiger partial charge is 0.491 e. The lowest BCUT2D eigenvalue weighted by molar-refractivity contribution is 0.0994. The van der Waals surface area contributed by atoms with Crippen molar-refractivity contribution in [2.75, 3.05) is 6.61 Å². The lowest BCUT2D eigenvalue weighted by Crippen LogP contribution is -2.09. The lowest BCUT2D eigenvalue weighted by Gasteiger charge is -2.10. The first kappa shape index (κ1) is 11.0. The third-order valence-corrected chi connectivity index (χ3v) is 3.17. The van der Waals surface area contributed by atoms with Crippen molar-refractivity contribution in [2.45, 2.75) is 19.4 Å². The van der Waals surface area contributed by atoms with Gasteiger partial charge in [-0.3, -0.25) is 9.48 Å². The molecule has 1 aromatic carbocycles. The van der Waals surface area contributed by atoms with Crippen molar-refractivity contribution in [3.63, 3.8) is 0 Å². The molecule has 4 nitrogen and oxygen atoms in total. The predicted molar refractivity (Wildman–Crippen MR) is 66.8 cm³/mol. The van der Waals surface area contributed by atoms with Crippen LogP contribution < -0.4 is 4.74 Å². The zero-order valence-electron chi connectivity index (χ0n) is 10.0. The van der Waals surface area contributed by atoms with Crippen molar-refractivity contribution in [1.29, 1.82) is 0 Å². The van der Waals surface area contributed by atoms with Gasteiger partial charge in [-0.15, -0.1) is 0 Å². The summed E-state index contributed by atoms with van der Waals surface area (Å²) in [6.07, 6.45) is 5.06. The highest BCUT2D eigenvalue weighted by atomic mass is 16.5. The molecule has 1 heterocycles. The summed E-state index contributed by atoms with van der Waals surface area (Å²) < 4.78 is 7.59. The van der Waals surface area contributed by atoms with Crippen molar-refractivity contribution in [3.05, 3.63) is 47.8 Å². The van der Waals surface area contributed by atoms with Gasteiger partial charge in [0.2, 0.25) is 0 Å². The molecular weight excluding hydrogens is 228 g/mol. The minimum Gasteiger partial charge on any atom is -0.491 e. The predicted octanol–water partition coefficient (Wildman–Crippen LogP) is 2.09. The Hall–Kier alpha value is -2.10. The van der Waals surface area contributed by atoms with E-state index in [1.165, 1.54) is 0 Å². The molecule has 0 atom stereocenters. The highest BCUT2D eigenvalue weighted by Crippen LogP contribution is 2.30. The molecule has 0 unspecified atom stereocenters. The second kappa shape index (κ2) is 4.64. The number of carbonyl (C=O) groups excluding carboxylic acids is 1. The van der Waals surface area contributed by atoms with Gasteiger partial charge >= 0.3 is 0 Å². The fourth-order valence-electron chi connectivity index (χ4n) is 2.28. The maximum Gasteiger partial charge on any atom is 0.163 e. The summed E-state index contributed by atoms with van der Waals surface area (Å²) in [6, 6.07) is 7.58. The number of fused-ring (bicyclic) bond motifs is 1. The zero-order valence-corrected chi connectivity index (χ0v) is 10.0. The van der Waals surface area contributed by atoms with E-state index in [9.17, 15) is 4.79 Å². The molecule has 2 aromatic rings. The number of Topliss-reactive ketones (excluding diaryl/α,β-unsaturated/α-hetero) is 1. The first-order chi connectivity index (χ1) is 8.84. The fraction of sp³-hybridized carbons (Fsp3) is 0.286. The van der Waals surface area contributed by atoms with Crippen LogP contribution in [-0.2, 0) is 13.0 Å². The normalized spacial score (nSPS) is 13.7. The van der Waals surface area contributed by atoms with E-state index in [1.54, 1.807) is 6.20 Å². The average Bonchev–Trinajstić information content (AvgIpc) is 3.01. The van der Waals surface area contributed by atoms with Gasteiger partial charge in [0.25, 0.3) is 0 Å². The van der Waals surface area contributed by atoms with Crippen LogP contribution in [0.5, 0.6) is 5.75 Å². The van der Waals surface area contributed by atoms with Gasteiger partial charge in [-0.05, 0) is 18.6 Å². The van der Waals surface area contributed by atoms with Gasteiger partial charge in [-0.25, -0.2) is 0 Å². The minimum atomic E-state index is 0.225. The van der Waals surface area contributed by atoms with Crippen LogP contribution in [0.2, 0.25) is 0 Å². The summed E-state index contributed by atoms with van der Waals surface area (Å²) in [5.41, 5.74) is 1.88. The van der Waals surface area contributed by atoms with Gasteiger partial charge in [0, 0.05) is 29.9 Å². The zero-order chi connectivity index (χ0) is 12.4. The molecule has 18 heavy (non-hydrogen) atoms. The number of nitrogens with zero attached hydrogens (tertiary/aromatic N) is 2. The number of rotatable bonds is 4. The molecule has 92 valence electrons. The van der Waals surface area contributed by atoms with Crippen LogP contribution in [0.15, 0.2) is 36.7 Å². The molecule has 1 aromatic heterocycles. The summed E-state index contributed by atoms with van der Waals surface area (Å²) in [6.45, 7) is 1.27. The molecule has 0 amide bonds. The maximum absolute atomic E-state index is 11.6. The van der Waals surface area contributed by atoms with Crippen LogP contribution in [0.25, 0.3) is 0 Å². The van der Waals surface area contributed by atoms with Gasteiger partial charge in [-0.1, -0.05) is 12.1 Å². The number of carbonyl (C=O) groups is 1. The summed E-state index contributed by atoms with van der Waals surface area (Å²) in [5, 5.41) is 4.11. The topological polar surface area (TPSA) is 44.1 Å². The van der Waals surface area contributed by atoms with E-state index >= 15 is 0 Å². The van der Waals surface area contributed by atoms with Crippen LogP contribution in [0.4, 0.5) is 0 Å². The molecule has 1 aliphatic rings. The van der Waals surface area contributed by atoms with E-state index in [2.05, 4.69) is 5.10 Å². The molecule has 0 N–H and O–H groups in total. The quantitative estimate of drug-likeness (QED) is 0.824. The van der Waals surface area contributed by atoms with Crippen molar-refractivity contribution in [3.8, 4) is 5.75 Å². The molecule has 0 bridgehead atoms. The van der Waals surface area contributed by atoms with E-state index < -0.39 is 0 Å². The monoisotopic (exact) mass is 242 g/mol. The van der Waals surface area contributed by atoms with Crippen LogP contribution >= 0.6 is 0 Å². The van der Waals surface area contributed by atoms with Gasteiger partial charge in [0.1, 0.15) is 12.4 Å². The Labute approximate surface area is 105 Å². The summed E-state index contributed by atoms with van der Waals surface area (Å²) >= 11 is 0. The van der Waals surface area contributed by atoms with Gasteiger partial charge in [-0.2, -0.15) is 5.10 Å². The van der Waals surface area contributed by atoms with Crippen molar-refractivity contribution in [1.82, 2.24) is 9.78 Å². The average molecular weight is 242 g/mol. The van der Waals surface area contributed by atoms with Crippen molar-refractivity contribution < 1.29 is 9.53 Å². The fourth-order valence-corrected chi connectivity index (χ4v) is 2.28. The van der Waals surface area contributed by atoms with Crippen LogP contribution in [0.1, 0.15) is 22.3 Å². The standard InChI is InChI=1S/C14H14N2O2/c17-13-6-5-12-11(13)3-1-4-14(12)18-10-9-16-8-2-7-15-16/h1-4,7-8H,5-6,9-10H2. The molecule has 0 spiro atoms. The minimum absolute atomic E-state index is 0.225. The number of aromatic nitrogens is 2. The van der Waals surface area contributed by atoms with Crippen LogP contribution in [0, 0.1) is 0 Å². The summed E-state index contributed by atoms with van der Waals surface area (Å²) in [5.74, 6) is 1.06. The number of hydrogen-bond donors (Lipinski definition) is 0. The Morgan fingerprint density at radius 1 is 1.28 bits per heavy atom. The molecule has 1 aliphatic carbocycles. The smallest absolute Gasteiger partial charge is 0.163 e. The summed E-state index contributed by atoms with van der Waals surface area (Å²) in [7, 11) is 0. The van der Waals surface area contributed by atoms with Crippen LogP contribution in [0.3, 0.4) is 0 Å². The SMILES string of the molecule is O=C1CCc2c(OCCn3cccn3)cccc21.